The summed E-state index contributed by atoms with van der Waals surface area (Å²) in [6.45, 7) is 3.50. The standard InChI is InChI=1S/C16H19N3OS/c1-11-5-12(7-17)8-19(11)16(20)14-4-2-3-13(6-14)15-9-21-10-18-15/h2-4,6,9-12H,5,7-8,17H2,1H3. The lowest BCUT2D eigenvalue weighted by atomic mass is 10.1. The third-order valence-electron chi connectivity index (χ3n) is 4.09. The van der Waals surface area contributed by atoms with Crippen LogP contribution in [0.1, 0.15) is 23.7 Å². The minimum Gasteiger partial charge on any atom is -0.336 e. The maximum absolute atomic E-state index is 12.7. The Morgan fingerprint density at radius 3 is 3.05 bits per heavy atom. The number of rotatable bonds is 3. The van der Waals surface area contributed by atoms with Gasteiger partial charge in [0.1, 0.15) is 0 Å². The van der Waals surface area contributed by atoms with Crippen LogP contribution in [0.25, 0.3) is 11.3 Å². The van der Waals surface area contributed by atoms with E-state index in [0.717, 1.165) is 29.8 Å². The van der Waals surface area contributed by atoms with Crippen LogP contribution in [0.2, 0.25) is 0 Å². The van der Waals surface area contributed by atoms with Gasteiger partial charge in [-0.1, -0.05) is 12.1 Å². The highest BCUT2D eigenvalue weighted by atomic mass is 32.1. The summed E-state index contributed by atoms with van der Waals surface area (Å²) < 4.78 is 0. The molecular weight excluding hydrogens is 282 g/mol. The molecule has 4 nitrogen and oxygen atoms in total. The summed E-state index contributed by atoms with van der Waals surface area (Å²) in [6.07, 6.45) is 0.994. The lowest BCUT2D eigenvalue weighted by molar-refractivity contribution is 0.0743. The van der Waals surface area contributed by atoms with Crippen LogP contribution in [0.15, 0.2) is 35.2 Å². The van der Waals surface area contributed by atoms with Crippen LogP contribution in [0, 0.1) is 5.92 Å². The van der Waals surface area contributed by atoms with Crippen molar-refractivity contribution in [3.63, 3.8) is 0 Å². The number of hydrogen-bond donors (Lipinski definition) is 1. The number of amides is 1. The van der Waals surface area contributed by atoms with Gasteiger partial charge < -0.3 is 10.6 Å². The first-order valence-electron chi connectivity index (χ1n) is 7.18. The third-order valence-corrected chi connectivity index (χ3v) is 4.68. The average Bonchev–Trinajstić information content (AvgIpc) is 3.16. The van der Waals surface area contributed by atoms with E-state index in [1.54, 1.807) is 16.8 Å². The minimum atomic E-state index is 0.0931. The summed E-state index contributed by atoms with van der Waals surface area (Å²) in [6, 6.07) is 7.97. The van der Waals surface area contributed by atoms with E-state index in [0.29, 0.717) is 12.5 Å². The van der Waals surface area contributed by atoms with E-state index in [1.165, 1.54) is 0 Å². The molecule has 1 fully saturated rings. The second kappa shape index (κ2) is 5.95. The van der Waals surface area contributed by atoms with Gasteiger partial charge in [-0.25, -0.2) is 4.98 Å². The zero-order valence-electron chi connectivity index (χ0n) is 12.0. The highest BCUT2D eigenvalue weighted by Crippen LogP contribution is 2.26. The van der Waals surface area contributed by atoms with Crippen molar-refractivity contribution in [2.24, 2.45) is 11.7 Å². The van der Waals surface area contributed by atoms with Crippen LogP contribution in [0.3, 0.4) is 0 Å². The summed E-state index contributed by atoms with van der Waals surface area (Å²) >= 11 is 1.56. The molecule has 1 aromatic carbocycles. The number of thiazole rings is 1. The first-order chi connectivity index (χ1) is 10.2. The largest absolute Gasteiger partial charge is 0.336 e. The van der Waals surface area contributed by atoms with Crippen molar-refractivity contribution in [3.05, 3.63) is 40.7 Å². The molecule has 1 amide bonds. The molecule has 2 aromatic rings. The third kappa shape index (κ3) is 2.84. The molecule has 2 heterocycles. The number of benzene rings is 1. The zero-order valence-corrected chi connectivity index (χ0v) is 12.8. The average molecular weight is 301 g/mol. The summed E-state index contributed by atoms with van der Waals surface area (Å²) in [5.41, 5.74) is 10.2. The molecule has 21 heavy (non-hydrogen) atoms. The fourth-order valence-electron chi connectivity index (χ4n) is 2.93. The molecule has 0 saturated carbocycles. The molecule has 2 unspecified atom stereocenters. The van der Waals surface area contributed by atoms with Crippen molar-refractivity contribution in [2.45, 2.75) is 19.4 Å². The fourth-order valence-corrected chi connectivity index (χ4v) is 3.49. The van der Waals surface area contributed by atoms with Gasteiger partial charge in [-0.2, -0.15) is 0 Å². The summed E-state index contributed by atoms with van der Waals surface area (Å²) in [5, 5.41) is 1.99. The molecule has 1 aliphatic heterocycles. The van der Waals surface area contributed by atoms with Gasteiger partial charge in [-0.3, -0.25) is 4.79 Å². The van der Waals surface area contributed by atoms with Gasteiger partial charge in [0.2, 0.25) is 0 Å². The zero-order chi connectivity index (χ0) is 14.8. The maximum Gasteiger partial charge on any atom is 0.254 e. The molecule has 2 N–H and O–H groups in total. The Morgan fingerprint density at radius 2 is 2.38 bits per heavy atom. The second-order valence-corrected chi connectivity index (χ2v) is 6.32. The first-order valence-corrected chi connectivity index (χ1v) is 8.13. The normalized spacial score (nSPS) is 21.7. The van der Waals surface area contributed by atoms with E-state index >= 15 is 0 Å². The molecule has 2 atom stereocenters. The molecule has 1 aliphatic rings. The minimum absolute atomic E-state index is 0.0931. The van der Waals surface area contributed by atoms with Crippen molar-refractivity contribution >= 4 is 17.2 Å². The van der Waals surface area contributed by atoms with Crippen molar-refractivity contribution in [1.82, 2.24) is 9.88 Å². The number of likely N-dealkylation sites (tertiary alicyclic amines) is 1. The Morgan fingerprint density at radius 1 is 1.52 bits per heavy atom. The fraction of sp³-hybridized carbons (Fsp3) is 0.375. The molecule has 3 rings (SSSR count). The number of aromatic nitrogens is 1. The highest BCUT2D eigenvalue weighted by Gasteiger charge is 2.32. The first kappa shape index (κ1) is 14.2. The van der Waals surface area contributed by atoms with Gasteiger partial charge in [-0.15, -0.1) is 11.3 Å². The quantitative estimate of drug-likeness (QED) is 0.948. The number of carbonyl (C=O) groups excluding carboxylic acids is 1. The molecule has 0 radical (unpaired) electrons. The van der Waals surface area contributed by atoms with Gasteiger partial charge in [-0.05, 0) is 37.9 Å². The van der Waals surface area contributed by atoms with Crippen LogP contribution >= 0.6 is 11.3 Å². The van der Waals surface area contributed by atoms with Gasteiger partial charge in [0.05, 0.1) is 11.2 Å². The molecule has 1 saturated heterocycles. The lowest BCUT2D eigenvalue weighted by Gasteiger charge is -2.21. The lowest BCUT2D eigenvalue weighted by Crippen LogP contribution is -2.34. The Balaban J connectivity index is 1.84. The monoisotopic (exact) mass is 301 g/mol. The maximum atomic E-state index is 12.7. The number of hydrogen-bond acceptors (Lipinski definition) is 4. The Kier molecular flexibility index (Phi) is 4.03. The van der Waals surface area contributed by atoms with E-state index in [-0.39, 0.29) is 11.9 Å². The number of nitrogens with zero attached hydrogens (tertiary/aromatic N) is 2. The SMILES string of the molecule is CC1CC(CN)CN1C(=O)c1cccc(-c2cscn2)c1. The molecule has 0 bridgehead atoms. The van der Waals surface area contributed by atoms with E-state index < -0.39 is 0 Å². The smallest absolute Gasteiger partial charge is 0.254 e. The van der Waals surface area contributed by atoms with Gasteiger partial charge in [0, 0.05) is 29.1 Å². The molecule has 110 valence electrons. The van der Waals surface area contributed by atoms with Gasteiger partial charge in [0.25, 0.3) is 5.91 Å². The van der Waals surface area contributed by atoms with Crippen LogP contribution in [0.4, 0.5) is 0 Å². The molecule has 0 aliphatic carbocycles. The highest BCUT2D eigenvalue weighted by molar-refractivity contribution is 7.07. The van der Waals surface area contributed by atoms with E-state index in [4.69, 9.17) is 5.73 Å². The van der Waals surface area contributed by atoms with E-state index in [9.17, 15) is 4.79 Å². The second-order valence-electron chi connectivity index (χ2n) is 5.60. The predicted octanol–water partition coefficient (Wildman–Crippen LogP) is 2.62. The van der Waals surface area contributed by atoms with Crippen LogP contribution in [-0.4, -0.2) is 34.9 Å². The number of carbonyl (C=O) groups is 1. The van der Waals surface area contributed by atoms with E-state index in [2.05, 4.69) is 11.9 Å². The topological polar surface area (TPSA) is 59.2 Å². The Bertz CT molecular complexity index is 626. The van der Waals surface area contributed by atoms with Crippen molar-refractivity contribution < 1.29 is 4.79 Å². The molecular formula is C16H19N3OS. The Labute approximate surface area is 128 Å². The Hall–Kier alpha value is -1.72. The number of nitrogens with two attached hydrogens (primary N) is 1. The van der Waals surface area contributed by atoms with Crippen LogP contribution in [-0.2, 0) is 0 Å². The van der Waals surface area contributed by atoms with Crippen molar-refractivity contribution in [3.8, 4) is 11.3 Å². The van der Waals surface area contributed by atoms with Crippen molar-refractivity contribution in [2.75, 3.05) is 13.1 Å². The molecule has 0 spiro atoms. The van der Waals surface area contributed by atoms with Crippen LogP contribution < -0.4 is 5.73 Å². The summed E-state index contributed by atoms with van der Waals surface area (Å²) in [4.78, 5) is 19.0. The van der Waals surface area contributed by atoms with E-state index in [1.807, 2.05) is 34.5 Å². The van der Waals surface area contributed by atoms with Crippen molar-refractivity contribution in [1.29, 1.82) is 0 Å². The summed E-state index contributed by atoms with van der Waals surface area (Å²) in [7, 11) is 0. The van der Waals surface area contributed by atoms with Crippen LogP contribution in [0.5, 0.6) is 0 Å². The van der Waals surface area contributed by atoms with Gasteiger partial charge in [0.15, 0.2) is 0 Å². The predicted molar refractivity (Wildman–Crippen MR) is 85.2 cm³/mol. The summed E-state index contributed by atoms with van der Waals surface area (Å²) in [5.74, 6) is 0.515. The molecule has 5 heteroatoms. The van der Waals surface area contributed by atoms with Gasteiger partial charge >= 0.3 is 0 Å². The molecule has 1 aromatic heterocycles.